The predicted octanol–water partition coefficient (Wildman–Crippen LogP) is 3.01. The van der Waals surface area contributed by atoms with Gasteiger partial charge in [0, 0.05) is 29.9 Å². The van der Waals surface area contributed by atoms with Gasteiger partial charge in [-0.05, 0) is 24.1 Å². The summed E-state index contributed by atoms with van der Waals surface area (Å²) in [6.07, 6.45) is 6.42. The van der Waals surface area contributed by atoms with Crippen molar-refractivity contribution in [1.82, 2.24) is 14.1 Å². The van der Waals surface area contributed by atoms with Crippen molar-refractivity contribution < 1.29 is 5.11 Å². The molecule has 2 aliphatic heterocycles. The van der Waals surface area contributed by atoms with Gasteiger partial charge in [-0.25, -0.2) is 4.98 Å². The number of hydrogen-bond acceptors (Lipinski definition) is 2. The lowest BCUT2D eigenvalue weighted by atomic mass is 9.83. The molecule has 3 atom stereocenters. The van der Waals surface area contributed by atoms with Crippen molar-refractivity contribution in [1.29, 1.82) is 0 Å². The van der Waals surface area contributed by atoms with Crippen LogP contribution in [0, 0.1) is 5.92 Å². The zero-order valence-corrected chi connectivity index (χ0v) is 12.1. The Morgan fingerprint density at radius 2 is 2.05 bits per heavy atom. The average molecular weight is 291 g/mol. The number of benzene rings is 1. The Labute approximate surface area is 128 Å². The van der Waals surface area contributed by atoms with Gasteiger partial charge in [0.25, 0.3) is 0 Å². The van der Waals surface area contributed by atoms with Gasteiger partial charge in [0.15, 0.2) is 0 Å². The van der Waals surface area contributed by atoms with Crippen LogP contribution in [0.25, 0.3) is 11.3 Å². The van der Waals surface area contributed by atoms with Crippen molar-refractivity contribution in [3.8, 4) is 11.3 Å². The maximum atomic E-state index is 10.9. The summed E-state index contributed by atoms with van der Waals surface area (Å²) in [5.74, 6) is 0.180. The summed E-state index contributed by atoms with van der Waals surface area (Å²) in [4.78, 5) is 4.32. The number of imidazole rings is 1. The highest BCUT2D eigenvalue weighted by molar-refractivity contribution is 5.69. The molecule has 1 aromatic carbocycles. The van der Waals surface area contributed by atoms with Crippen molar-refractivity contribution in [3.05, 3.63) is 66.4 Å². The van der Waals surface area contributed by atoms with Crippen LogP contribution in [0.2, 0.25) is 0 Å². The van der Waals surface area contributed by atoms with Crippen LogP contribution in [0.3, 0.4) is 0 Å². The lowest BCUT2D eigenvalue weighted by Crippen LogP contribution is -2.30. The van der Waals surface area contributed by atoms with E-state index < -0.39 is 6.10 Å². The van der Waals surface area contributed by atoms with E-state index in [-0.39, 0.29) is 12.0 Å². The van der Waals surface area contributed by atoms with Crippen LogP contribution in [0.1, 0.15) is 29.8 Å². The van der Waals surface area contributed by atoms with E-state index >= 15 is 0 Å². The third kappa shape index (κ3) is 1.48. The second kappa shape index (κ2) is 4.34. The first-order valence-corrected chi connectivity index (χ1v) is 7.79. The van der Waals surface area contributed by atoms with Gasteiger partial charge >= 0.3 is 0 Å². The number of hydrogen-bond donors (Lipinski definition) is 1. The topological polar surface area (TPSA) is 43.0 Å². The fraction of sp³-hybridized carbons (Fsp3) is 0.278. The minimum Gasteiger partial charge on any atom is -0.386 e. The minimum absolute atomic E-state index is 0.173. The lowest BCUT2D eigenvalue weighted by molar-refractivity contribution is 0.0556. The first-order valence-electron chi connectivity index (χ1n) is 7.79. The number of aryl methyl sites for hydroxylation is 1. The van der Waals surface area contributed by atoms with Gasteiger partial charge in [-0.15, -0.1) is 0 Å². The first kappa shape index (κ1) is 12.2. The molecule has 0 unspecified atom stereocenters. The van der Waals surface area contributed by atoms with Crippen molar-refractivity contribution in [2.75, 3.05) is 0 Å². The van der Waals surface area contributed by atoms with Crippen LogP contribution in [-0.2, 0) is 6.54 Å². The molecule has 22 heavy (non-hydrogen) atoms. The lowest BCUT2D eigenvalue weighted by Gasteiger charge is -2.35. The average Bonchev–Trinajstić information content (AvgIpc) is 3.23. The van der Waals surface area contributed by atoms with Crippen LogP contribution in [-0.4, -0.2) is 19.2 Å². The Kier molecular flexibility index (Phi) is 2.41. The monoisotopic (exact) mass is 291 g/mol. The van der Waals surface area contributed by atoms with E-state index in [9.17, 15) is 5.11 Å². The van der Waals surface area contributed by atoms with E-state index in [0.717, 1.165) is 24.4 Å². The molecule has 5 rings (SSSR count). The predicted molar refractivity (Wildman–Crippen MR) is 83.3 cm³/mol. The summed E-state index contributed by atoms with van der Waals surface area (Å²) in [6.45, 7) is 0.965. The number of aromatic nitrogens is 3. The fourth-order valence-electron chi connectivity index (χ4n) is 4.21. The molecule has 4 heteroatoms. The van der Waals surface area contributed by atoms with Crippen LogP contribution < -0.4 is 0 Å². The second-order valence-corrected chi connectivity index (χ2v) is 6.24. The third-order valence-corrected chi connectivity index (χ3v) is 5.20. The van der Waals surface area contributed by atoms with Gasteiger partial charge in [0.2, 0.25) is 0 Å². The largest absolute Gasteiger partial charge is 0.386 e. The zero-order chi connectivity index (χ0) is 14.7. The number of rotatable bonds is 1. The molecule has 2 aliphatic rings. The van der Waals surface area contributed by atoms with Gasteiger partial charge in [0.05, 0.1) is 30.4 Å². The Morgan fingerprint density at radius 3 is 3.00 bits per heavy atom. The Balaban J connectivity index is 1.65. The van der Waals surface area contributed by atoms with Crippen molar-refractivity contribution in [2.45, 2.75) is 25.1 Å². The molecule has 0 saturated heterocycles. The quantitative estimate of drug-likeness (QED) is 0.749. The summed E-state index contributed by atoms with van der Waals surface area (Å²) in [6, 6.07) is 12.7. The van der Waals surface area contributed by atoms with Crippen LogP contribution in [0.4, 0.5) is 0 Å². The van der Waals surface area contributed by atoms with E-state index in [1.165, 1.54) is 11.1 Å². The van der Waals surface area contributed by atoms with E-state index in [4.69, 9.17) is 0 Å². The highest BCUT2D eigenvalue weighted by Crippen LogP contribution is 2.48. The molecule has 0 spiro atoms. The standard InChI is InChI=1S/C18H17N3O/c22-18-14(7-9-20-8-3-6-15(18)20)17-13-5-2-1-4-12(13)16-10-19-11-21(16)17/h1-6,8,10-11,14,17-18,22H,7,9H2/t14-,17+,18+/m0/s1. The summed E-state index contributed by atoms with van der Waals surface area (Å²) >= 11 is 0. The molecule has 0 saturated carbocycles. The van der Waals surface area contributed by atoms with E-state index in [0.29, 0.717) is 0 Å². The van der Waals surface area contributed by atoms with Crippen LogP contribution >= 0.6 is 0 Å². The summed E-state index contributed by atoms with van der Waals surface area (Å²) in [7, 11) is 0. The summed E-state index contributed by atoms with van der Waals surface area (Å²) in [5.41, 5.74) is 4.75. The zero-order valence-electron chi connectivity index (χ0n) is 12.1. The molecule has 2 aromatic heterocycles. The fourth-order valence-corrected chi connectivity index (χ4v) is 4.21. The molecule has 0 bridgehead atoms. The van der Waals surface area contributed by atoms with Gasteiger partial charge in [0.1, 0.15) is 0 Å². The molecular weight excluding hydrogens is 274 g/mol. The molecule has 0 aliphatic carbocycles. The summed E-state index contributed by atoms with van der Waals surface area (Å²) < 4.78 is 4.40. The Morgan fingerprint density at radius 1 is 1.14 bits per heavy atom. The second-order valence-electron chi connectivity index (χ2n) is 6.24. The van der Waals surface area contributed by atoms with Gasteiger partial charge in [-0.2, -0.15) is 0 Å². The molecule has 0 amide bonds. The highest BCUT2D eigenvalue weighted by atomic mass is 16.3. The van der Waals surface area contributed by atoms with Crippen molar-refractivity contribution in [3.63, 3.8) is 0 Å². The molecule has 4 heterocycles. The van der Waals surface area contributed by atoms with Crippen LogP contribution in [0.15, 0.2) is 55.1 Å². The van der Waals surface area contributed by atoms with Gasteiger partial charge < -0.3 is 14.2 Å². The molecule has 110 valence electrons. The Hall–Kier alpha value is -2.33. The van der Waals surface area contributed by atoms with Crippen molar-refractivity contribution >= 4 is 0 Å². The van der Waals surface area contributed by atoms with E-state index in [1.807, 2.05) is 24.7 Å². The van der Waals surface area contributed by atoms with Crippen LogP contribution in [0.5, 0.6) is 0 Å². The third-order valence-electron chi connectivity index (χ3n) is 5.20. The molecule has 0 fully saturated rings. The number of aliphatic hydroxyl groups excluding tert-OH is 1. The Bertz CT molecular complexity index is 847. The molecule has 1 N–H and O–H groups in total. The maximum absolute atomic E-state index is 10.9. The number of aliphatic hydroxyl groups is 1. The van der Waals surface area contributed by atoms with E-state index in [2.05, 4.69) is 44.6 Å². The first-order chi connectivity index (χ1) is 10.8. The SMILES string of the molecule is O[C@H]1c2cccn2CC[C@H]1[C@H]1c2ccccc2-c2cncn21. The van der Waals surface area contributed by atoms with Crippen molar-refractivity contribution in [2.24, 2.45) is 5.92 Å². The number of nitrogens with zero attached hydrogens (tertiary/aromatic N) is 3. The minimum atomic E-state index is -0.435. The molecule has 0 radical (unpaired) electrons. The summed E-state index contributed by atoms with van der Waals surface area (Å²) in [5, 5.41) is 10.9. The highest BCUT2D eigenvalue weighted by Gasteiger charge is 2.40. The number of fused-ring (bicyclic) bond motifs is 4. The maximum Gasteiger partial charge on any atom is 0.0991 e. The van der Waals surface area contributed by atoms with E-state index in [1.54, 1.807) is 0 Å². The normalized spacial score (nSPS) is 25.6. The molecule has 3 aromatic rings. The molecule has 4 nitrogen and oxygen atoms in total. The van der Waals surface area contributed by atoms with Gasteiger partial charge in [-0.3, -0.25) is 0 Å². The van der Waals surface area contributed by atoms with Gasteiger partial charge in [-0.1, -0.05) is 24.3 Å². The molecular formula is C18H17N3O. The smallest absolute Gasteiger partial charge is 0.0991 e.